The predicted octanol–water partition coefficient (Wildman–Crippen LogP) is 2.29. The molecule has 0 bridgehead atoms. The molecule has 4 rings (SSSR count). The lowest BCUT2D eigenvalue weighted by Gasteiger charge is -2.55. The molecule has 0 saturated heterocycles. The smallest absolute Gasteiger partial charge is 0.299 e. The molecule has 7 heteroatoms. The van der Waals surface area contributed by atoms with E-state index in [0.29, 0.717) is 25.0 Å². The molecule has 0 radical (unpaired) electrons. The molecule has 3 saturated carbocycles. The van der Waals surface area contributed by atoms with Gasteiger partial charge in [0.1, 0.15) is 5.78 Å². The van der Waals surface area contributed by atoms with Crippen LogP contribution in [0, 0.1) is 28.6 Å². The summed E-state index contributed by atoms with van der Waals surface area (Å²) in [6.45, 7) is 4.25. The second kappa shape index (κ2) is 5.72. The zero-order valence-corrected chi connectivity index (χ0v) is 16.2. The Kier molecular flexibility index (Phi) is 4.03. The van der Waals surface area contributed by atoms with Gasteiger partial charge in [0.25, 0.3) is 0 Å². The highest BCUT2D eigenvalue weighted by Gasteiger charge is 2.61. The summed E-state index contributed by atoms with van der Waals surface area (Å²) in [6.07, 6.45) is 6.21. The maximum atomic E-state index is 13.0. The maximum absolute atomic E-state index is 13.0. The number of allylic oxidation sites excluding steroid dienone is 1. The van der Waals surface area contributed by atoms with Gasteiger partial charge in [-0.3, -0.25) is 13.8 Å². The maximum Gasteiger partial charge on any atom is 0.333 e. The molecule has 4 aliphatic rings. The zero-order chi connectivity index (χ0) is 18.9. The van der Waals surface area contributed by atoms with Crippen molar-refractivity contribution in [3.05, 3.63) is 11.6 Å². The van der Waals surface area contributed by atoms with Crippen LogP contribution in [0.2, 0.25) is 0 Å². The van der Waals surface area contributed by atoms with Crippen molar-refractivity contribution in [2.24, 2.45) is 33.7 Å². The summed E-state index contributed by atoms with van der Waals surface area (Å²) in [6, 6.07) is 0. The number of rotatable bonds is 2. The Labute approximate surface area is 154 Å². The highest BCUT2D eigenvalue weighted by molar-refractivity contribution is 7.84. The molecule has 6 nitrogen and oxygen atoms in total. The van der Waals surface area contributed by atoms with Gasteiger partial charge in [0.15, 0.2) is 5.78 Å². The molecule has 3 fully saturated rings. The Morgan fingerprint density at radius 1 is 1.08 bits per heavy atom. The van der Waals surface area contributed by atoms with Crippen molar-refractivity contribution in [1.29, 1.82) is 0 Å². The van der Waals surface area contributed by atoms with E-state index < -0.39 is 16.4 Å². The number of ketones is 2. The van der Waals surface area contributed by atoms with Gasteiger partial charge in [-0.15, -0.1) is 0 Å². The summed E-state index contributed by atoms with van der Waals surface area (Å²) in [5.74, 6) is 0.733. The minimum absolute atomic E-state index is 0.0790. The molecule has 0 heterocycles. The number of nitrogens with two attached hydrogens (primary N) is 1. The molecule has 4 aliphatic carbocycles. The van der Waals surface area contributed by atoms with E-state index in [1.807, 2.05) is 0 Å². The van der Waals surface area contributed by atoms with Crippen LogP contribution in [-0.4, -0.2) is 26.1 Å². The number of fused-ring (bicyclic) bond motifs is 5. The first kappa shape index (κ1) is 18.3. The van der Waals surface area contributed by atoms with Crippen molar-refractivity contribution < 1.29 is 22.2 Å². The van der Waals surface area contributed by atoms with Crippen LogP contribution in [0.4, 0.5) is 0 Å². The second-order valence-corrected chi connectivity index (χ2v) is 10.3. The number of hydrogen-bond acceptors (Lipinski definition) is 5. The van der Waals surface area contributed by atoms with E-state index in [1.54, 1.807) is 6.08 Å². The molecule has 6 atom stereocenters. The minimum Gasteiger partial charge on any atom is -0.299 e. The lowest BCUT2D eigenvalue weighted by Crippen LogP contribution is -2.53. The highest BCUT2D eigenvalue weighted by Crippen LogP contribution is 2.63. The van der Waals surface area contributed by atoms with Gasteiger partial charge in [0.2, 0.25) is 0 Å². The number of carbonyl (C=O) groups is 2. The van der Waals surface area contributed by atoms with Crippen molar-refractivity contribution in [2.45, 2.75) is 64.9 Å². The van der Waals surface area contributed by atoms with Crippen molar-refractivity contribution in [3.8, 4) is 0 Å². The quantitative estimate of drug-likeness (QED) is 0.790. The Bertz CT molecular complexity index is 803. The van der Waals surface area contributed by atoms with Crippen molar-refractivity contribution in [2.75, 3.05) is 0 Å². The fourth-order valence-corrected chi connectivity index (χ4v) is 6.96. The molecular weight excluding hydrogens is 354 g/mol. The summed E-state index contributed by atoms with van der Waals surface area (Å²) in [7, 11) is -3.99. The van der Waals surface area contributed by atoms with Crippen molar-refractivity contribution >= 4 is 21.9 Å². The Morgan fingerprint density at radius 3 is 2.42 bits per heavy atom. The standard InChI is InChI=1S/C19H27NO5S/c1-18-7-5-12(25-26(20,23)24)9-11(18)10-15(21)17-13-3-4-16(22)19(13,2)8-6-14(17)18/h10,12-14,17H,3-9H2,1-2H3,(H2,20,23,24)/t12?,13-,14-,17-,18-,19-/m0/s1. The molecular formula is C19H27NO5S. The number of Topliss-reactive ketones (excluding diaryl/α,β-unsaturated/α-hetero) is 1. The molecule has 0 spiro atoms. The molecule has 0 aromatic carbocycles. The van der Waals surface area contributed by atoms with Crippen LogP contribution in [0.15, 0.2) is 11.6 Å². The van der Waals surface area contributed by atoms with E-state index in [0.717, 1.165) is 31.3 Å². The van der Waals surface area contributed by atoms with Crippen LogP contribution >= 0.6 is 0 Å². The van der Waals surface area contributed by atoms with E-state index in [1.165, 1.54) is 0 Å². The predicted molar refractivity (Wildman–Crippen MR) is 95.1 cm³/mol. The largest absolute Gasteiger partial charge is 0.333 e. The van der Waals surface area contributed by atoms with Crippen LogP contribution in [0.5, 0.6) is 0 Å². The first-order valence-corrected chi connectivity index (χ1v) is 11.0. The summed E-state index contributed by atoms with van der Waals surface area (Å²) >= 11 is 0. The van der Waals surface area contributed by atoms with Gasteiger partial charge in [0, 0.05) is 17.8 Å². The van der Waals surface area contributed by atoms with Crippen LogP contribution < -0.4 is 5.14 Å². The fraction of sp³-hybridized carbons (Fsp3) is 0.789. The van der Waals surface area contributed by atoms with Crippen LogP contribution in [0.25, 0.3) is 0 Å². The summed E-state index contributed by atoms with van der Waals surface area (Å²) in [5, 5.41) is 5.02. The topological polar surface area (TPSA) is 104 Å². The molecule has 0 aromatic heterocycles. The van der Waals surface area contributed by atoms with Gasteiger partial charge in [-0.2, -0.15) is 8.42 Å². The van der Waals surface area contributed by atoms with Gasteiger partial charge in [-0.05, 0) is 61.9 Å². The Balaban J connectivity index is 1.66. The third-order valence-corrected chi connectivity index (χ3v) is 8.42. The molecule has 144 valence electrons. The van der Waals surface area contributed by atoms with E-state index >= 15 is 0 Å². The van der Waals surface area contributed by atoms with E-state index in [9.17, 15) is 18.0 Å². The van der Waals surface area contributed by atoms with E-state index in [-0.39, 0.29) is 34.4 Å². The molecule has 0 aliphatic heterocycles. The SMILES string of the molecule is C[C@]12CCC(OS(N)(=O)=O)CC1=CC(=O)[C@@H]1[C@@H]2CC[C@]2(C)C(=O)CC[C@@H]12. The van der Waals surface area contributed by atoms with Gasteiger partial charge in [-0.25, -0.2) is 5.14 Å². The average Bonchev–Trinajstić information content (AvgIpc) is 2.83. The van der Waals surface area contributed by atoms with Crippen molar-refractivity contribution in [3.63, 3.8) is 0 Å². The van der Waals surface area contributed by atoms with Gasteiger partial charge < -0.3 is 0 Å². The Morgan fingerprint density at radius 2 is 1.73 bits per heavy atom. The Hall–Kier alpha value is -1.05. The average molecular weight is 381 g/mol. The van der Waals surface area contributed by atoms with Gasteiger partial charge in [0.05, 0.1) is 6.10 Å². The molecule has 0 amide bonds. The third-order valence-electron chi connectivity index (χ3n) is 7.88. The minimum atomic E-state index is -3.99. The van der Waals surface area contributed by atoms with E-state index in [2.05, 4.69) is 13.8 Å². The molecule has 1 unspecified atom stereocenters. The number of hydrogen-bond donors (Lipinski definition) is 1. The summed E-state index contributed by atoms with van der Waals surface area (Å²) in [5.41, 5.74) is 0.535. The fourth-order valence-electron chi connectivity index (χ4n) is 6.41. The first-order valence-electron chi connectivity index (χ1n) is 9.54. The van der Waals surface area contributed by atoms with Crippen molar-refractivity contribution in [1.82, 2.24) is 0 Å². The normalized spacial score (nSPS) is 45.6. The highest BCUT2D eigenvalue weighted by atomic mass is 32.2. The lowest BCUT2D eigenvalue weighted by molar-refractivity contribution is -0.139. The molecule has 2 N–H and O–H groups in total. The summed E-state index contributed by atoms with van der Waals surface area (Å²) in [4.78, 5) is 25.5. The second-order valence-electron chi connectivity index (χ2n) is 9.10. The number of carbonyl (C=O) groups excluding carboxylic acids is 2. The van der Waals surface area contributed by atoms with Crippen LogP contribution in [-0.2, 0) is 24.1 Å². The first-order chi connectivity index (χ1) is 12.0. The lowest BCUT2D eigenvalue weighted by atomic mass is 9.48. The monoisotopic (exact) mass is 381 g/mol. The van der Waals surface area contributed by atoms with Gasteiger partial charge in [-0.1, -0.05) is 19.4 Å². The molecule has 26 heavy (non-hydrogen) atoms. The van der Waals surface area contributed by atoms with Crippen LogP contribution in [0.1, 0.15) is 58.8 Å². The molecule has 0 aromatic rings. The van der Waals surface area contributed by atoms with E-state index in [4.69, 9.17) is 9.32 Å². The third kappa shape index (κ3) is 2.62. The van der Waals surface area contributed by atoms with Crippen LogP contribution in [0.3, 0.4) is 0 Å². The zero-order valence-electron chi connectivity index (χ0n) is 15.4. The summed E-state index contributed by atoms with van der Waals surface area (Å²) < 4.78 is 27.5. The van der Waals surface area contributed by atoms with Gasteiger partial charge >= 0.3 is 10.3 Å².